The summed E-state index contributed by atoms with van der Waals surface area (Å²) < 4.78 is 0. The van der Waals surface area contributed by atoms with Crippen LogP contribution in [0.4, 0.5) is 0 Å². The van der Waals surface area contributed by atoms with Gasteiger partial charge in [-0.25, -0.2) is 0 Å². The Morgan fingerprint density at radius 3 is 2.76 bits per heavy atom. The van der Waals surface area contributed by atoms with Crippen molar-refractivity contribution in [1.29, 1.82) is 0 Å². The van der Waals surface area contributed by atoms with E-state index < -0.39 is 0 Å². The molecule has 4 aliphatic carbocycles. The van der Waals surface area contributed by atoms with Crippen LogP contribution in [-0.2, 0) is 4.79 Å². The second-order valence-electron chi connectivity index (χ2n) is 9.62. The number of fused-ring (bicyclic) bond motifs is 2. The summed E-state index contributed by atoms with van der Waals surface area (Å²) in [5.41, 5.74) is 3.65. The van der Waals surface area contributed by atoms with Gasteiger partial charge in [0, 0.05) is 0 Å². The van der Waals surface area contributed by atoms with E-state index in [0.717, 1.165) is 41.8 Å². The zero-order valence-corrected chi connectivity index (χ0v) is 16.5. The van der Waals surface area contributed by atoms with E-state index in [-0.39, 0.29) is 0 Å². The standard InChI is InChI=1S/C24H36O/c1-5-7-18-17(11-13-25)8-9-20-19(18)10-12-24-21(20)14-16(4)23(24)22(24)15(3)6-2/h11,13,16,18-23H,3,5-10,12,14H2,1-2,4H3/b17-11-/t16-,18?,19?,20?,21?,22?,23?,24?/m1/s1. The fourth-order valence-electron chi connectivity index (χ4n) is 8.17. The molecule has 4 saturated carbocycles. The van der Waals surface area contributed by atoms with Crippen molar-refractivity contribution in [3.05, 3.63) is 23.8 Å². The molecule has 4 rings (SSSR count). The summed E-state index contributed by atoms with van der Waals surface area (Å²) in [4.78, 5) is 11.1. The molecule has 138 valence electrons. The fourth-order valence-corrected chi connectivity index (χ4v) is 8.17. The van der Waals surface area contributed by atoms with E-state index in [9.17, 15) is 4.79 Å². The number of aldehydes is 1. The zero-order chi connectivity index (χ0) is 17.8. The lowest BCUT2D eigenvalue weighted by Crippen LogP contribution is -2.42. The second kappa shape index (κ2) is 6.39. The molecule has 8 atom stereocenters. The summed E-state index contributed by atoms with van der Waals surface area (Å²) in [5, 5.41) is 0. The largest absolute Gasteiger partial charge is 0.299 e. The minimum absolute atomic E-state index is 0.635. The van der Waals surface area contributed by atoms with Crippen LogP contribution in [0.1, 0.15) is 72.1 Å². The highest BCUT2D eigenvalue weighted by Crippen LogP contribution is 2.81. The smallest absolute Gasteiger partial charge is 0.142 e. The van der Waals surface area contributed by atoms with Gasteiger partial charge in [-0.15, -0.1) is 0 Å². The molecule has 0 radical (unpaired) electrons. The van der Waals surface area contributed by atoms with Gasteiger partial charge in [0.1, 0.15) is 6.29 Å². The third kappa shape index (κ3) is 2.37. The van der Waals surface area contributed by atoms with Crippen LogP contribution < -0.4 is 0 Å². The molecule has 0 amide bonds. The summed E-state index contributed by atoms with van der Waals surface area (Å²) in [6.45, 7) is 11.6. The number of hydrogen-bond donors (Lipinski definition) is 0. The molecular formula is C24H36O. The lowest BCUT2D eigenvalue weighted by atomic mass is 9.54. The van der Waals surface area contributed by atoms with Crippen molar-refractivity contribution in [2.24, 2.45) is 46.8 Å². The molecule has 0 saturated heterocycles. The van der Waals surface area contributed by atoms with Crippen molar-refractivity contribution in [3.8, 4) is 0 Å². The Bertz CT molecular complexity index is 587. The van der Waals surface area contributed by atoms with Gasteiger partial charge in [0.25, 0.3) is 0 Å². The van der Waals surface area contributed by atoms with Crippen LogP contribution in [0.3, 0.4) is 0 Å². The third-order valence-corrected chi connectivity index (χ3v) is 8.89. The van der Waals surface area contributed by atoms with Crippen molar-refractivity contribution in [1.82, 2.24) is 0 Å². The van der Waals surface area contributed by atoms with Crippen LogP contribution in [0.5, 0.6) is 0 Å². The van der Waals surface area contributed by atoms with Crippen molar-refractivity contribution in [2.75, 3.05) is 0 Å². The SMILES string of the molecule is C=C(CC)C1C2[C@H](C)CC3C4CC/C(=C/C=O)C(CCC)C4CCC312. The molecule has 0 N–H and O–H groups in total. The number of carbonyl (C=O) groups is 1. The Kier molecular flexibility index (Phi) is 4.49. The lowest BCUT2D eigenvalue weighted by molar-refractivity contribution is -0.104. The normalized spacial score (nSPS) is 49.2. The monoisotopic (exact) mass is 340 g/mol. The number of allylic oxidation sites excluding steroid dienone is 3. The van der Waals surface area contributed by atoms with Crippen LogP contribution in [0.15, 0.2) is 23.8 Å². The van der Waals surface area contributed by atoms with Crippen molar-refractivity contribution in [2.45, 2.75) is 72.1 Å². The van der Waals surface area contributed by atoms with E-state index in [1.165, 1.54) is 56.9 Å². The lowest BCUT2D eigenvalue weighted by Gasteiger charge is -2.50. The first-order chi connectivity index (χ1) is 12.1. The fraction of sp³-hybridized carbons (Fsp3) is 0.792. The molecule has 7 unspecified atom stereocenters. The van der Waals surface area contributed by atoms with Gasteiger partial charge < -0.3 is 0 Å². The first kappa shape index (κ1) is 17.6. The summed E-state index contributed by atoms with van der Waals surface area (Å²) in [7, 11) is 0. The molecule has 4 fully saturated rings. The molecule has 4 aliphatic rings. The number of carbonyl (C=O) groups excluding carboxylic acids is 1. The van der Waals surface area contributed by atoms with Gasteiger partial charge in [-0.05, 0) is 97.9 Å². The summed E-state index contributed by atoms with van der Waals surface area (Å²) >= 11 is 0. The van der Waals surface area contributed by atoms with Gasteiger partial charge >= 0.3 is 0 Å². The van der Waals surface area contributed by atoms with Gasteiger partial charge in [0.2, 0.25) is 0 Å². The van der Waals surface area contributed by atoms with E-state index in [0.29, 0.717) is 11.3 Å². The predicted octanol–water partition coefficient (Wildman–Crippen LogP) is 6.20. The Hall–Kier alpha value is -0.850. The highest BCUT2D eigenvalue weighted by atomic mass is 16.1. The van der Waals surface area contributed by atoms with Gasteiger partial charge in [-0.3, -0.25) is 4.79 Å². The van der Waals surface area contributed by atoms with E-state index in [1.807, 2.05) is 6.08 Å². The molecule has 0 aliphatic heterocycles. The molecule has 0 aromatic carbocycles. The van der Waals surface area contributed by atoms with Gasteiger partial charge in [0.15, 0.2) is 0 Å². The first-order valence-electron chi connectivity index (χ1n) is 10.9. The second-order valence-corrected chi connectivity index (χ2v) is 9.62. The van der Waals surface area contributed by atoms with Gasteiger partial charge in [0.05, 0.1) is 0 Å². The van der Waals surface area contributed by atoms with Crippen molar-refractivity contribution in [3.63, 3.8) is 0 Å². The number of hydrogen-bond acceptors (Lipinski definition) is 1. The average molecular weight is 341 g/mol. The molecule has 0 heterocycles. The molecule has 0 aromatic rings. The van der Waals surface area contributed by atoms with Crippen LogP contribution >= 0.6 is 0 Å². The molecule has 1 nitrogen and oxygen atoms in total. The minimum Gasteiger partial charge on any atom is -0.299 e. The number of rotatable bonds is 5. The van der Waals surface area contributed by atoms with E-state index in [4.69, 9.17) is 0 Å². The Balaban J connectivity index is 1.62. The Labute approximate surface area is 154 Å². The quantitative estimate of drug-likeness (QED) is 0.331. The maximum absolute atomic E-state index is 11.1. The van der Waals surface area contributed by atoms with Crippen LogP contribution in [0.25, 0.3) is 0 Å². The molecule has 0 bridgehead atoms. The van der Waals surface area contributed by atoms with Gasteiger partial charge in [-0.2, -0.15) is 0 Å². The van der Waals surface area contributed by atoms with Crippen LogP contribution in [0.2, 0.25) is 0 Å². The van der Waals surface area contributed by atoms with E-state index in [1.54, 1.807) is 5.57 Å². The Morgan fingerprint density at radius 1 is 1.28 bits per heavy atom. The molecule has 1 heteroatoms. The molecule has 1 spiro atoms. The average Bonchev–Trinajstić information content (AvgIpc) is 3.18. The third-order valence-electron chi connectivity index (χ3n) is 8.89. The molecular weight excluding hydrogens is 304 g/mol. The Morgan fingerprint density at radius 2 is 2.08 bits per heavy atom. The summed E-state index contributed by atoms with van der Waals surface area (Å²) in [5.74, 6) is 6.07. The highest BCUT2D eigenvalue weighted by molar-refractivity contribution is 5.66. The van der Waals surface area contributed by atoms with Crippen LogP contribution in [0, 0.1) is 46.8 Å². The zero-order valence-electron chi connectivity index (χ0n) is 16.5. The van der Waals surface area contributed by atoms with Crippen molar-refractivity contribution >= 4 is 6.29 Å². The predicted molar refractivity (Wildman–Crippen MR) is 104 cm³/mol. The van der Waals surface area contributed by atoms with E-state index in [2.05, 4.69) is 27.4 Å². The molecule has 25 heavy (non-hydrogen) atoms. The maximum Gasteiger partial charge on any atom is 0.142 e. The highest BCUT2D eigenvalue weighted by Gasteiger charge is 2.75. The topological polar surface area (TPSA) is 17.1 Å². The maximum atomic E-state index is 11.1. The summed E-state index contributed by atoms with van der Waals surface area (Å²) in [6, 6.07) is 0. The van der Waals surface area contributed by atoms with Gasteiger partial charge in [-0.1, -0.05) is 44.9 Å². The van der Waals surface area contributed by atoms with Crippen molar-refractivity contribution < 1.29 is 4.79 Å². The van der Waals surface area contributed by atoms with Crippen LogP contribution in [-0.4, -0.2) is 6.29 Å². The molecule has 0 aromatic heterocycles. The summed E-state index contributed by atoms with van der Waals surface area (Å²) in [6.07, 6.45) is 13.5. The first-order valence-corrected chi connectivity index (χ1v) is 10.9. The minimum atomic E-state index is 0.635. The van der Waals surface area contributed by atoms with E-state index >= 15 is 0 Å².